The van der Waals surface area contributed by atoms with E-state index in [0.29, 0.717) is 17.4 Å². The Morgan fingerprint density at radius 1 is 1.40 bits per heavy atom. The second kappa shape index (κ2) is 4.35. The average molecular weight is 221 g/mol. The lowest BCUT2D eigenvalue weighted by Crippen LogP contribution is -1.90. The van der Waals surface area contributed by atoms with Gasteiger partial charge in [0.25, 0.3) is 0 Å². The zero-order chi connectivity index (χ0) is 10.7. The van der Waals surface area contributed by atoms with Gasteiger partial charge in [-0.05, 0) is 18.4 Å². The van der Waals surface area contributed by atoms with E-state index in [-0.39, 0.29) is 0 Å². The van der Waals surface area contributed by atoms with Gasteiger partial charge in [0.2, 0.25) is 11.7 Å². The number of anilines is 1. The Bertz CT molecular complexity index is 455. The predicted octanol–water partition coefficient (Wildman–Crippen LogP) is 2.18. The number of nitrogens with two attached hydrogens (primary N) is 1. The molecule has 2 rings (SSSR count). The van der Waals surface area contributed by atoms with E-state index < -0.39 is 0 Å². The van der Waals surface area contributed by atoms with Crippen LogP contribution in [0, 0.1) is 0 Å². The van der Waals surface area contributed by atoms with Crippen LogP contribution in [0.4, 0.5) is 5.69 Å². The van der Waals surface area contributed by atoms with E-state index in [4.69, 9.17) is 10.3 Å². The number of hydrogen-bond acceptors (Lipinski definition) is 5. The standard InChI is InChI=1S/C10H11N3OS/c1-15-6-9-12-10(13-14-9)7-4-2-3-5-8(7)11/h2-5H,6,11H2,1H3. The van der Waals surface area contributed by atoms with Crippen molar-refractivity contribution in [2.75, 3.05) is 12.0 Å². The summed E-state index contributed by atoms with van der Waals surface area (Å²) in [7, 11) is 0. The van der Waals surface area contributed by atoms with Crippen molar-refractivity contribution in [3.63, 3.8) is 0 Å². The van der Waals surface area contributed by atoms with Crippen LogP contribution in [-0.4, -0.2) is 16.4 Å². The Balaban J connectivity index is 2.33. The number of rotatable bonds is 3. The monoisotopic (exact) mass is 221 g/mol. The first-order valence-electron chi connectivity index (χ1n) is 4.47. The SMILES string of the molecule is CSCc1nc(-c2ccccc2N)no1. The molecule has 0 atom stereocenters. The van der Waals surface area contributed by atoms with Crippen molar-refractivity contribution in [3.05, 3.63) is 30.2 Å². The summed E-state index contributed by atoms with van der Waals surface area (Å²) in [6, 6.07) is 7.47. The molecule has 2 N–H and O–H groups in total. The quantitative estimate of drug-likeness (QED) is 0.805. The molecule has 0 aliphatic carbocycles. The third kappa shape index (κ3) is 2.12. The fourth-order valence-electron chi connectivity index (χ4n) is 1.25. The molecule has 0 radical (unpaired) electrons. The summed E-state index contributed by atoms with van der Waals surface area (Å²) >= 11 is 1.64. The molecule has 0 saturated heterocycles. The van der Waals surface area contributed by atoms with Crippen molar-refractivity contribution in [2.45, 2.75) is 5.75 Å². The second-order valence-corrected chi connectivity index (χ2v) is 3.90. The molecule has 0 aliphatic rings. The highest BCUT2D eigenvalue weighted by molar-refractivity contribution is 7.97. The summed E-state index contributed by atoms with van der Waals surface area (Å²) in [4.78, 5) is 4.25. The molecule has 0 saturated carbocycles. The van der Waals surface area contributed by atoms with Gasteiger partial charge in [-0.2, -0.15) is 16.7 Å². The smallest absolute Gasteiger partial charge is 0.236 e. The molecule has 1 aromatic carbocycles. The highest BCUT2D eigenvalue weighted by Gasteiger charge is 2.09. The minimum absolute atomic E-state index is 0.553. The zero-order valence-electron chi connectivity index (χ0n) is 8.30. The van der Waals surface area contributed by atoms with E-state index in [2.05, 4.69) is 10.1 Å². The van der Waals surface area contributed by atoms with E-state index in [1.54, 1.807) is 11.8 Å². The third-order valence-corrected chi connectivity index (χ3v) is 2.47. The molecule has 15 heavy (non-hydrogen) atoms. The maximum absolute atomic E-state index is 5.81. The molecular weight excluding hydrogens is 210 g/mol. The summed E-state index contributed by atoms with van der Waals surface area (Å²) < 4.78 is 5.08. The van der Waals surface area contributed by atoms with Crippen molar-refractivity contribution in [1.82, 2.24) is 10.1 Å². The number of benzene rings is 1. The Morgan fingerprint density at radius 2 is 2.20 bits per heavy atom. The van der Waals surface area contributed by atoms with Gasteiger partial charge in [-0.25, -0.2) is 0 Å². The van der Waals surface area contributed by atoms with Crippen LogP contribution in [0.1, 0.15) is 5.89 Å². The fourth-order valence-corrected chi connectivity index (χ4v) is 1.61. The molecule has 5 heteroatoms. The Morgan fingerprint density at radius 3 is 2.93 bits per heavy atom. The number of para-hydroxylation sites is 1. The number of thioether (sulfide) groups is 1. The van der Waals surface area contributed by atoms with Gasteiger partial charge in [0.15, 0.2) is 0 Å². The van der Waals surface area contributed by atoms with Crippen molar-refractivity contribution < 1.29 is 4.52 Å². The first-order valence-corrected chi connectivity index (χ1v) is 5.87. The minimum Gasteiger partial charge on any atom is -0.398 e. The summed E-state index contributed by atoms with van der Waals surface area (Å²) in [5.74, 6) is 1.90. The molecule has 4 nitrogen and oxygen atoms in total. The molecule has 0 aliphatic heterocycles. The van der Waals surface area contributed by atoms with Gasteiger partial charge in [-0.3, -0.25) is 0 Å². The second-order valence-electron chi connectivity index (χ2n) is 3.03. The lowest BCUT2D eigenvalue weighted by Gasteiger charge is -1.97. The van der Waals surface area contributed by atoms with Gasteiger partial charge >= 0.3 is 0 Å². The molecule has 78 valence electrons. The highest BCUT2D eigenvalue weighted by Crippen LogP contribution is 2.22. The molecular formula is C10H11N3OS. The Hall–Kier alpha value is -1.49. The van der Waals surface area contributed by atoms with Crippen molar-refractivity contribution in [1.29, 1.82) is 0 Å². The highest BCUT2D eigenvalue weighted by atomic mass is 32.2. The number of nitrogens with zero attached hydrogens (tertiary/aromatic N) is 2. The van der Waals surface area contributed by atoms with Gasteiger partial charge in [0, 0.05) is 11.3 Å². The van der Waals surface area contributed by atoms with Crippen LogP contribution >= 0.6 is 11.8 Å². The van der Waals surface area contributed by atoms with Crippen LogP contribution in [0.2, 0.25) is 0 Å². The lowest BCUT2D eigenvalue weighted by atomic mass is 10.2. The topological polar surface area (TPSA) is 64.9 Å². The van der Waals surface area contributed by atoms with Gasteiger partial charge in [0.1, 0.15) is 0 Å². The van der Waals surface area contributed by atoms with Gasteiger partial charge in [-0.1, -0.05) is 17.3 Å². The van der Waals surface area contributed by atoms with E-state index in [1.165, 1.54) is 0 Å². The summed E-state index contributed by atoms with van der Waals surface area (Å²) in [5, 5.41) is 3.89. The van der Waals surface area contributed by atoms with Crippen LogP contribution in [0.25, 0.3) is 11.4 Å². The van der Waals surface area contributed by atoms with E-state index >= 15 is 0 Å². The van der Waals surface area contributed by atoms with Crippen LogP contribution in [-0.2, 0) is 5.75 Å². The molecule has 0 unspecified atom stereocenters. The largest absolute Gasteiger partial charge is 0.398 e. The van der Waals surface area contributed by atoms with Crippen molar-refractivity contribution in [2.24, 2.45) is 0 Å². The summed E-state index contributed by atoms with van der Waals surface area (Å²) in [6.45, 7) is 0. The van der Waals surface area contributed by atoms with Crippen LogP contribution in [0.15, 0.2) is 28.8 Å². The van der Waals surface area contributed by atoms with E-state index in [9.17, 15) is 0 Å². The van der Waals surface area contributed by atoms with E-state index in [0.717, 1.165) is 11.3 Å². The van der Waals surface area contributed by atoms with Crippen LogP contribution in [0.3, 0.4) is 0 Å². The molecule has 0 amide bonds. The number of hydrogen-bond donors (Lipinski definition) is 1. The summed E-state index contributed by atoms with van der Waals surface area (Å²) in [5.41, 5.74) is 7.28. The molecule has 0 fully saturated rings. The van der Waals surface area contributed by atoms with E-state index in [1.807, 2.05) is 30.5 Å². The fraction of sp³-hybridized carbons (Fsp3) is 0.200. The van der Waals surface area contributed by atoms with Crippen molar-refractivity contribution in [3.8, 4) is 11.4 Å². The number of aromatic nitrogens is 2. The molecule has 1 heterocycles. The molecule has 0 bridgehead atoms. The zero-order valence-corrected chi connectivity index (χ0v) is 9.12. The lowest BCUT2D eigenvalue weighted by molar-refractivity contribution is 0.392. The van der Waals surface area contributed by atoms with Gasteiger partial charge < -0.3 is 10.3 Å². The predicted molar refractivity (Wildman–Crippen MR) is 61.4 cm³/mol. The first-order chi connectivity index (χ1) is 7.31. The van der Waals surface area contributed by atoms with Crippen LogP contribution < -0.4 is 5.73 Å². The van der Waals surface area contributed by atoms with Crippen LogP contribution in [0.5, 0.6) is 0 Å². The Labute approximate surface area is 91.9 Å². The molecule has 2 aromatic rings. The molecule has 0 spiro atoms. The minimum atomic E-state index is 0.553. The summed E-state index contributed by atoms with van der Waals surface area (Å²) in [6.07, 6.45) is 1.99. The normalized spacial score (nSPS) is 10.5. The van der Waals surface area contributed by atoms with Gasteiger partial charge in [0.05, 0.1) is 5.75 Å². The maximum atomic E-state index is 5.81. The Kier molecular flexibility index (Phi) is 2.91. The number of nitrogen functional groups attached to an aromatic ring is 1. The van der Waals surface area contributed by atoms with Gasteiger partial charge in [-0.15, -0.1) is 0 Å². The molecule has 1 aromatic heterocycles. The maximum Gasteiger partial charge on any atom is 0.236 e. The first kappa shape index (κ1) is 10.0. The van der Waals surface area contributed by atoms with Crippen molar-refractivity contribution >= 4 is 17.4 Å². The average Bonchev–Trinajstić information content (AvgIpc) is 2.68. The third-order valence-electron chi connectivity index (χ3n) is 1.94.